The first-order valence-electron chi connectivity index (χ1n) is 5.41. The van der Waals surface area contributed by atoms with E-state index in [2.05, 4.69) is 5.43 Å². The first kappa shape index (κ1) is 12.0. The van der Waals surface area contributed by atoms with Gasteiger partial charge in [-0.2, -0.15) is 0 Å². The summed E-state index contributed by atoms with van der Waals surface area (Å²) in [7, 11) is 0. The molecule has 0 unspecified atom stereocenters. The van der Waals surface area contributed by atoms with Crippen LogP contribution in [-0.2, 0) is 6.54 Å². The lowest BCUT2D eigenvalue weighted by Crippen LogP contribution is -2.17. The second kappa shape index (κ2) is 4.80. The molecule has 0 aliphatic rings. The maximum atomic E-state index is 13.5. The molecule has 0 radical (unpaired) electrons. The van der Waals surface area contributed by atoms with E-state index in [1.807, 2.05) is 30.7 Å². The predicted octanol–water partition coefficient (Wildman–Crippen LogP) is 3.64. The van der Waals surface area contributed by atoms with Crippen LogP contribution in [0.5, 0.6) is 0 Å². The van der Waals surface area contributed by atoms with Crippen molar-refractivity contribution in [1.82, 2.24) is 4.68 Å². The van der Waals surface area contributed by atoms with Crippen LogP contribution in [0.3, 0.4) is 0 Å². The summed E-state index contributed by atoms with van der Waals surface area (Å²) < 4.78 is 15.5. The van der Waals surface area contributed by atoms with Crippen LogP contribution in [0.2, 0.25) is 5.02 Å². The van der Waals surface area contributed by atoms with Crippen LogP contribution in [0, 0.1) is 19.7 Å². The summed E-state index contributed by atoms with van der Waals surface area (Å²) in [4.78, 5) is 0. The SMILES string of the molecule is Cc1ccc(C)n1NCc1c(F)cccc1Cl. The first-order chi connectivity index (χ1) is 8.09. The zero-order valence-electron chi connectivity index (χ0n) is 9.80. The third-order valence-electron chi connectivity index (χ3n) is 2.75. The number of benzene rings is 1. The summed E-state index contributed by atoms with van der Waals surface area (Å²) in [6.45, 7) is 4.34. The molecule has 0 aliphatic carbocycles. The minimum atomic E-state index is -0.285. The van der Waals surface area contributed by atoms with Crippen molar-refractivity contribution in [3.05, 3.63) is 58.1 Å². The Balaban J connectivity index is 2.18. The van der Waals surface area contributed by atoms with Gasteiger partial charge in [0.05, 0.1) is 6.54 Å². The Kier molecular flexibility index (Phi) is 3.38. The first-order valence-corrected chi connectivity index (χ1v) is 5.79. The van der Waals surface area contributed by atoms with E-state index in [0.717, 1.165) is 11.4 Å². The quantitative estimate of drug-likeness (QED) is 0.883. The zero-order chi connectivity index (χ0) is 12.4. The summed E-state index contributed by atoms with van der Waals surface area (Å²) in [5, 5.41) is 0.444. The fraction of sp³-hybridized carbons (Fsp3) is 0.231. The van der Waals surface area contributed by atoms with E-state index in [1.165, 1.54) is 6.07 Å². The van der Waals surface area contributed by atoms with E-state index >= 15 is 0 Å². The maximum Gasteiger partial charge on any atom is 0.129 e. The van der Waals surface area contributed by atoms with Crippen LogP contribution < -0.4 is 5.43 Å². The van der Waals surface area contributed by atoms with Crippen LogP contribution in [0.1, 0.15) is 17.0 Å². The topological polar surface area (TPSA) is 17.0 Å². The molecular formula is C13H14ClFN2. The second-order valence-corrected chi connectivity index (χ2v) is 4.39. The van der Waals surface area contributed by atoms with Gasteiger partial charge in [-0.05, 0) is 38.1 Å². The number of hydrogen-bond acceptors (Lipinski definition) is 1. The molecule has 17 heavy (non-hydrogen) atoms. The van der Waals surface area contributed by atoms with Gasteiger partial charge in [-0.25, -0.2) is 4.39 Å². The van der Waals surface area contributed by atoms with Gasteiger partial charge in [0, 0.05) is 22.0 Å². The molecule has 1 N–H and O–H groups in total. The lowest BCUT2D eigenvalue weighted by molar-refractivity contribution is 0.607. The van der Waals surface area contributed by atoms with Crippen molar-refractivity contribution in [2.24, 2.45) is 0 Å². The maximum absolute atomic E-state index is 13.5. The Morgan fingerprint density at radius 3 is 2.41 bits per heavy atom. The molecule has 0 bridgehead atoms. The third kappa shape index (κ3) is 2.44. The molecule has 0 atom stereocenters. The molecule has 1 aromatic heterocycles. The van der Waals surface area contributed by atoms with Crippen LogP contribution in [-0.4, -0.2) is 4.68 Å². The highest BCUT2D eigenvalue weighted by atomic mass is 35.5. The van der Waals surface area contributed by atoms with Gasteiger partial charge in [-0.1, -0.05) is 17.7 Å². The third-order valence-corrected chi connectivity index (χ3v) is 3.10. The Morgan fingerprint density at radius 2 is 1.82 bits per heavy atom. The molecule has 0 spiro atoms. The second-order valence-electron chi connectivity index (χ2n) is 3.99. The van der Waals surface area contributed by atoms with Crippen LogP contribution in [0.25, 0.3) is 0 Å². The normalized spacial score (nSPS) is 10.6. The summed E-state index contributed by atoms with van der Waals surface area (Å²) >= 11 is 5.96. The summed E-state index contributed by atoms with van der Waals surface area (Å²) in [5.41, 5.74) is 5.80. The van der Waals surface area contributed by atoms with E-state index in [-0.39, 0.29) is 5.82 Å². The molecule has 0 saturated heterocycles. The number of halogens is 2. The molecule has 4 heteroatoms. The van der Waals surface area contributed by atoms with Crippen molar-refractivity contribution >= 4 is 11.6 Å². The minimum absolute atomic E-state index is 0.285. The van der Waals surface area contributed by atoms with Gasteiger partial charge in [-0.15, -0.1) is 0 Å². The highest BCUT2D eigenvalue weighted by molar-refractivity contribution is 6.31. The van der Waals surface area contributed by atoms with Crippen molar-refractivity contribution in [3.8, 4) is 0 Å². The van der Waals surface area contributed by atoms with E-state index in [0.29, 0.717) is 17.1 Å². The lowest BCUT2D eigenvalue weighted by atomic mass is 10.2. The molecule has 1 heterocycles. The highest BCUT2D eigenvalue weighted by Crippen LogP contribution is 2.19. The van der Waals surface area contributed by atoms with Crippen molar-refractivity contribution in [3.63, 3.8) is 0 Å². The van der Waals surface area contributed by atoms with Crippen LogP contribution in [0.4, 0.5) is 4.39 Å². The van der Waals surface area contributed by atoms with Gasteiger partial charge in [0.1, 0.15) is 5.82 Å². The van der Waals surface area contributed by atoms with Crippen LogP contribution in [0.15, 0.2) is 30.3 Å². The highest BCUT2D eigenvalue weighted by Gasteiger charge is 2.07. The van der Waals surface area contributed by atoms with Crippen molar-refractivity contribution < 1.29 is 4.39 Å². The Labute approximate surface area is 105 Å². The summed E-state index contributed by atoms with van der Waals surface area (Å²) in [6.07, 6.45) is 0. The molecule has 90 valence electrons. The van der Waals surface area contributed by atoms with Crippen molar-refractivity contribution in [2.45, 2.75) is 20.4 Å². The van der Waals surface area contributed by atoms with Gasteiger partial charge in [0.2, 0.25) is 0 Å². The minimum Gasteiger partial charge on any atom is -0.321 e. The fourth-order valence-corrected chi connectivity index (χ4v) is 2.01. The van der Waals surface area contributed by atoms with E-state index < -0.39 is 0 Å². The van der Waals surface area contributed by atoms with Crippen LogP contribution >= 0.6 is 11.6 Å². The largest absolute Gasteiger partial charge is 0.321 e. The number of rotatable bonds is 3. The zero-order valence-corrected chi connectivity index (χ0v) is 10.6. The summed E-state index contributed by atoms with van der Waals surface area (Å²) in [5.74, 6) is -0.285. The average molecular weight is 253 g/mol. The number of aromatic nitrogens is 1. The van der Waals surface area contributed by atoms with Gasteiger partial charge < -0.3 is 5.43 Å². The van der Waals surface area contributed by atoms with E-state index in [4.69, 9.17) is 11.6 Å². The van der Waals surface area contributed by atoms with Gasteiger partial charge in [-0.3, -0.25) is 4.68 Å². The van der Waals surface area contributed by atoms with Gasteiger partial charge in [0.25, 0.3) is 0 Å². The monoisotopic (exact) mass is 252 g/mol. The summed E-state index contributed by atoms with van der Waals surface area (Å²) in [6, 6.07) is 8.72. The lowest BCUT2D eigenvalue weighted by Gasteiger charge is -2.13. The molecule has 2 nitrogen and oxygen atoms in total. The molecule has 0 aliphatic heterocycles. The smallest absolute Gasteiger partial charge is 0.129 e. The van der Waals surface area contributed by atoms with Crippen molar-refractivity contribution in [1.29, 1.82) is 0 Å². The molecule has 2 aromatic rings. The van der Waals surface area contributed by atoms with Gasteiger partial charge >= 0.3 is 0 Å². The van der Waals surface area contributed by atoms with Crippen molar-refractivity contribution in [2.75, 3.05) is 5.43 Å². The predicted molar refractivity (Wildman–Crippen MR) is 68.4 cm³/mol. The average Bonchev–Trinajstić information content (AvgIpc) is 2.59. The molecule has 0 fully saturated rings. The molecule has 1 aromatic carbocycles. The van der Waals surface area contributed by atoms with E-state index in [9.17, 15) is 4.39 Å². The number of aryl methyl sites for hydroxylation is 2. The molecular weight excluding hydrogens is 239 g/mol. The molecule has 0 saturated carbocycles. The number of hydrogen-bond donors (Lipinski definition) is 1. The fourth-order valence-electron chi connectivity index (χ4n) is 1.78. The molecule has 0 amide bonds. The standard InChI is InChI=1S/C13H14ClFN2/c1-9-6-7-10(2)17(9)16-8-11-12(14)4-3-5-13(11)15/h3-7,16H,8H2,1-2H3. The molecule has 2 rings (SSSR count). The Bertz CT molecular complexity index is 494. The van der Waals surface area contributed by atoms with Gasteiger partial charge in [0.15, 0.2) is 0 Å². The number of nitrogens with zero attached hydrogens (tertiary/aromatic N) is 1. The Hall–Kier alpha value is -1.48. The van der Waals surface area contributed by atoms with E-state index in [1.54, 1.807) is 12.1 Å². The number of nitrogens with one attached hydrogen (secondary N) is 1. The Morgan fingerprint density at radius 1 is 1.18 bits per heavy atom.